The number of sulfone groups is 1. The number of halogens is 3. The van der Waals surface area contributed by atoms with Crippen LogP contribution in [0.5, 0.6) is 0 Å². The Hall–Kier alpha value is -1.95. The zero-order valence-corrected chi connectivity index (χ0v) is 16.0. The lowest BCUT2D eigenvalue weighted by molar-refractivity contribution is -0.139. The first-order valence-electron chi connectivity index (χ1n) is 8.26. The maximum atomic E-state index is 13.4. The van der Waals surface area contributed by atoms with E-state index in [1.165, 1.54) is 24.3 Å². The lowest BCUT2D eigenvalue weighted by Gasteiger charge is -2.17. The van der Waals surface area contributed by atoms with Gasteiger partial charge in [-0.2, -0.15) is 13.2 Å². The van der Waals surface area contributed by atoms with Crippen LogP contribution in [-0.2, 0) is 26.0 Å². The smallest absolute Gasteiger partial charge is 0.315 e. The molecule has 3 rings (SSSR count). The molecule has 0 spiro atoms. The van der Waals surface area contributed by atoms with Crippen LogP contribution in [0.15, 0.2) is 63.2 Å². The molecule has 0 unspecified atom stereocenters. The van der Waals surface area contributed by atoms with Gasteiger partial charge >= 0.3 is 6.18 Å². The summed E-state index contributed by atoms with van der Waals surface area (Å²) >= 11 is 0. The molecular weight excluding hydrogens is 417 g/mol. The van der Waals surface area contributed by atoms with Gasteiger partial charge in [0.05, 0.1) is 20.2 Å². The van der Waals surface area contributed by atoms with Crippen LogP contribution in [0.1, 0.15) is 12.0 Å². The highest BCUT2D eigenvalue weighted by atomic mass is 32.2. The SMILES string of the molecule is O=S(=O)(N[C@H]1CCNC1)c1cc(S(=O)(=O)c2ccccc2)ccc1C(F)(F)F. The van der Waals surface area contributed by atoms with E-state index >= 15 is 0 Å². The summed E-state index contributed by atoms with van der Waals surface area (Å²) in [4.78, 5) is -1.79. The topological polar surface area (TPSA) is 92.3 Å². The molecule has 2 aromatic carbocycles. The number of hydrogen-bond donors (Lipinski definition) is 2. The minimum atomic E-state index is -4.97. The van der Waals surface area contributed by atoms with Crippen molar-refractivity contribution >= 4 is 19.9 Å². The van der Waals surface area contributed by atoms with Crippen LogP contribution < -0.4 is 10.0 Å². The second-order valence-corrected chi connectivity index (χ2v) is 9.92. The van der Waals surface area contributed by atoms with Crippen LogP contribution in [0.3, 0.4) is 0 Å². The van der Waals surface area contributed by atoms with Gasteiger partial charge in [-0.1, -0.05) is 18.2 Å². The zero-order chi connectivity index (χ0) is 20.6. The maximum absolute atomic E-state index is 13.4. The molecule has 1 saturated heterocycles. The van der Waals surface area contributed by atoms with Gasteiger partial charge in [-0.05, 0) is 43.3 Å². The van der Waals surface area contributed by atoms with Crippen molar-refractivity contribution in [2.45, 2.75) is 33.3 Å². The molecule has 1 aliphatic heterocycles. The summed E-state index contributed by atoms with van der Waals surface area (Å²) < 4.78 is 93.1. The Morgan fingerprint density at radius 2 is 1.64 bits per heavy atom. The average Bonchev–Trinajstić information content (AvgIpc) is 3.13. The molecule has 1 heterocycles. The van der Waals surface area contributed by atoms with Crippen molar-refractivity contribution in [1.29, 1.82) is 0 Å². The van der Waals surface area contributed by atoms with E-state index < -0.39 is 47.4 Å². The number of sulfonamides is 1. The second kappa shape index (κ2) is 7.47. The average molecular weight is 434 g/mol. The van der Waals surface area contributed by atoms with Crippen molar-refractivity contribution in [1.82, 2.24) is 10.0 Å². The third-order valence-corrected chi connectivity index (χ3v) is 7.62. The standard InChI is InChI=1S/C17H17F3N2O4S2/c18-17(19,20)15-7-6-14(27(23,24)13-4-2-1-3-5-13)10-16(15)28(25,26)22-12-8-9-21-11-12/h1-7,10,12,21-22H,8-9,11H2/t12-/m0/s1. The minimum Gasteiger partial charge on any atom is -0.315 e. The fourth-order valence-corrected chi connectivity index (χ4v) is 5.80. The maximum Gasteiger partial charge on any atom is 0.417 e. The van der Waals surface area contributed by atoms with Gasteiger partial charge in [-0.25, -0.2) is 21.6 Å². The van der Waals surface area contributed by atoms with E-state index in [4.69, 9.17) is 0 Å². The Balaban J connectivity index is 2.13. The van der Waals surface area contributed by atoms with Crippen molar-refractivity contribution in [3.8, 4) is 0 Å². The van der Waals surface area contributed by atoms with Crippen molar-refractivity contribution < 1.29 is 30.0 Å². The second-order valence-electron chi connectivity index (χ2n) is 6.28. The molecular formula is C17H17F3N2O4S2. The van der Waals surface area contributed by atoms with Crippen LogP contribution in [0, 0.1) is 0 Å². The fraction of sp³-hybridized carbons (Fsp3) is 0.294. The van der Waals surface area contributed by atoms with Crippen molar-refractivity contribution in [2.75, 3.05) is 13.1 Å². The Kier molecular flexibility index (Phi) is 5.54. The minimum absolute atomic E-state index is 0.147. The van der Waals surface area contributed by atoms with E-state index in [1.807, 2.05) is 0 Å². The molecule has 0 saturated carbocycles. The van der Waals surface area contributed by atoms with Gasteiger partial charge in [0.2, 0.25) is 19.9 Å². The summed E-state index contributed by atoms with van der Waals surface area (Å²) in [6.07, 6.45) is -4.55. The van der Waals surface area contributed by atoms with E-state index in [1.54, 1.807) is 6.07 Å². The summed E-state index contributed by atoms with van der Waals surface area (Å²) in [7, 11) is -8.78. The molecule has 2 aromatic rings. The quantitative estimate of drug-likeness (QED) is 0.753. The van der Waals surface area contributed by atoms with Gasteiger partial charge in [0, 0.05) is 12.6 Å². The predicted octanol–water partition coefficient (Wildman–Crippen LogP) is 2.18. The van der Waals surface area contributed by atoms with Gasteiger partial charge in [0.15, 0.2) is 0 Å². The van der Waals surface area contributed by atoms with Crippen LogP contribution in [0.4, 0.5) is 13.2 Å². The normalized spacial score (nSPS) is 18.3. The summed E-state index contributed by atoms with van der Waals surface area (Å²) in [5, 5.41) is 2.90. The molecule has 1 fully saturated rings. The van der Waals surface area contributed by atoms with E-state index in [-0.39, 0.29) is 11.4 Å². The summed E-state index contributed by atoms with van der Waals surface area (Å²) in [6, 6.07) is 8.32. The number of alkyl halides is 3. The third kappa shape index (κ3) is 4.22. The van der Waals surface area contributed by atoms with Crippen molar-refractivity contribution in [3.05, 3.63) is 54.1 Å². The molecule has 6 nitrogen and oxygen atoms in total. The zero-order valence-electron chi connectivity index (χ0n) is 14.4. The molecule has 1 atom stereocenters. The molecule has 152 valence electrons. The Bertz CT molecular complexity index is 1060. The lowest BCUT2D eigenvalue weighted by atomic mass is 10.2. The van der Waals surface area contributed by atoms with Crippen molar-refractivity contribution in [2.24, 2.45) is 0 Å². The molecule has 11 heteroatoms. The predicted molar refractivity (Wildman–Crippen MR) is 94.9 cm³/mol. The largest absolute Gasteiger partial charge is 0.417 e. The summed E-state index contributed by atoms with van der Waals surface area (Å²) in [6.45, 7) is 0.810. The van der Waals surface area contributed by atoms with Gasteiger partial charge in [-0.15, -0.1) is 0 Å². The number of rotatable bonds is 5. The lowest BCUT2D eigenvalue weighted by Crippen LogP contribution is -2.37. The molecule has 0 aliphatic carbocycles. The monoisotopic (exact) mass is 434 g/mol. The Morgan fingerprint density at radius 1 is 0.964 bits per heavy atom. The van der Waals surface area contributed by atoms with Gasteiger partial charge < -0.3 is 5.32 Å². The van der Waals surface area contributed by atoms with Crippen LogP contribution in [0.25, 0.3) is 0 Å². The number of benzene rings is 2. The van der Waals surface area contributed by atoms with E-state index in [0.29, 0.717) is 25.1 Å². The van der Waals surface area contributed by atoms with Gasteiger partial charge in [0.1, 0.15) is 0 Å². The molecule has 0 bridgehead atoms. The highest BCUT2D eigenvalue weighted by molar-refractivity contribution is 7.91. The fourth-order valence-electron chi connectivity index (χ4n) is 2.90. The molecule has 2 N–H and O–H groups in total. The number of nitrogens with one attached hydrogen (secondary N) is 2. The summed E-state index contributed by atoms with van der Waals surface area (Å²) in [5.41, 5.74) is -1.42. The highest BCUT2D eigenvalue weighted by Gasteiger charge is 2.39. The Morgan fingerprint density at radius 3 is 2.21 bits per heavy atom. The van der Waals surface area contributed by atoms with Gasteiger partial charge in [-0.3, -0.25) is 0 Å². The van der Waals surface area contributed by atoms with E-state index in [9.17, 15) is 30.0 Å². The van der Waals surface area contributed by atoms with E-state index in [2.05, 4.69) is 10.0 Å². The van der Waals surface area contributed by atoms with Crippen LogP contribution in [-0.4, -0.2) is 36.0 Å². The van der Waals surface area contributed by atoms with E-state index in [0.717, 1.165) is 6.07 Å². The first-order chi connectivity index (χ1) is 13.0. The first kappa shape index (κ1) is 20.8. The number of hydrogen-bond acceptors (Lipinski definition) is 5. The van der Waals surface area contributed by atoms with Crippen LogP contribution in [0.2, 0.25) is 0 Å². The summed E-state index contributed by atoms with van der Waals surface area (Å²) in [5.74, 6) is 0. The van der Waals surface area contributed by atoms with Gasteiger partial charge in [0.25, 0.3) is 0 Å². The molecule has 28 heavy (non-hydrogen) atoms. The van der Waals surface area contributed by atoms with Crippen molar-refractivity contribution in [3.63, 3.8) is 0 Å². The Labute approximate surface area is 160 Å². The molecule has 0 aromatic heterocycles. The van der Waals surface area contributed by atoms with Crippen LogP contribution >= 0.6 is 0 Å². The first-order valence-corrected chi connectivity index (χ1v) is 11.2. The molecule has 1 aliphatic rings. The molecule has 0 radical (unpaired) electrons. The third-order valence-electron chi connectivity index (χ3n) is 4.29. The molecule has 0 amide bonds. The highest BCUT2D eigenvalue weighted by Crippen LogP contribution is 2.36.